The van der Waals surface area contributed by atoms with Crippen LogP contribution >= 0.6 is 0 Å². The van der Waals surface area contributed by atoms with E-state index in [0.29, 0.717) is 6.61 Å². The summed E-state index contributed by atoms with van der Waals surface area (Å²) in [5, 5.41) is 2.51. The van der Waals surface area contributed by atoms with Gasteiger partial charge in [0.25, 0.3) is 0 Å². The number of rotatable bonds is 5. The Morgan fingerprint density at radius 3 is 2.36 bits per heavy atom. The Kier molecular flexibility index (Phi) is 5.87. The molecule has 0 bridgehead atoms. The van der Waals surface area contributed by atoms with Gasteiger partial charge in [-0.05, 0) is 12.8 Å². The molecular weight excluding hydrogens is 184 g/mol. The Bertz CT molecular complexity index is 204. The summed E-state index contributed by atoms with van der Waals surface area (Å²) in [6.07, 6.45) is 0. The van der Waals surface area contributed by atoms with Crippen LogP contribution in [0.3, 0.4) is 0 Å². The van der Waals surface area contributed by atoms with Crippen LogP contribution in [0.25, 0.3) is 0 Å². The average Bonchev–Trinajstić information content (AvgIpc) is 2.13. The lowest BCUT2D eigenvalue weighted by Gasteiger charge is -2.19. The van der Waals surface area contributed by atoms with E-state index in [9.17, 15) is 9.59 Å². The molecule has 82 valence electrons. The minimum atomic E-state index is -0.606. The van der Waals surface area contributed by atoms with Crippen LogP contribution in [0.2, 0.25) is 0 Å². The fourth-order valence-electron chi connectivity index (χ4n) is 0.962. The van der Waals surface area contributed by atoms with Gasteiger partial charge in [-0.1, -0.05) is 13.8 Å². The van der Waals surface area contributed by atoms with Gasteiger partial charge < -0.3 is 15.8 Å². The topological polar surface area (TPSA) is 81.4 Å². The Hall–Kier alpha value is -1.10. The Morgan fingerprint density at radius 2 is 2.00 bits per heavy atom. The summed E-state index contributed by atoms with van der Waals surface area (Å²) in [7, 11) is 0. The van der Waals surface area contributed by atoms with Crippen molar-refractivity contribution < 1.29 is 14.3 Å². The number of amides is 1. The maximum Gasteiger partial charge on any atom is 0.328 e. The summed E-state index contributed by atoms with van der Waals surface area (Å²) < 4.78 is 4.82. The van der Waals surface area contributed by atoms with Crippen molar-refractivity contribution in [3.63, 3.8) is 0 Å². The van der Waals surface area contributed by atoms with E-state index in [0.717, 1.165) is 0 Å². The van der Waals surface area contributed by atoms with Crippen molar-refractivity contribution >= 4 is 11.9 Å². The van der Waals surface area contributed by atoms with Crippen molar-refractivity contribution in [1.82, 2.24) is 5.32 Å². The molecule has 0 aromatic rings. The first kappa shape index (κ1) is 12.9. The zero-order valence-electron chi connectivity index (χ0n) is 8.87. The predicted molar refractivity (Wildman–Crippen MR) is 52.5 cm³/mol. The van der Waals surface area contributed by atoms with Gasteiger partial charge in [-0.2, -0.15) is 0 Å². The smallest absolute Gasteiger partial charge is 0.328 e. The zero-order valence-corrected chi connectivity index (χ0v) is 8.87. The van der Waals surface area contributed by atoms with Crippen LogP contribution in [0.1, 0.15) is 20.8 Å². The molecule has 0 aromatic heterocycles. The summed E-state index contributed by atoms with van der Waals surface area (Å²) in [5.74, 6) is -0.773. The highest BCUT2D eigenvalue weighted by molar-refractivity contribution is 5.85. The standard InChI is InChI=1S/C9H18N2O3/c1-4-14-9(13)8(6(2)3)11-7(12)5-10/h6,8H,4-5,10H2,1-3H3,(H,11,12). The molecular formula is C9H18N2O3. The van der Waals surface area contributed by atoms with Gasteiger partial charge in [0.05, 0.1) is 13.2 Å². The first-order valence-electron chi connectivity index (χ1n) is 4.69. The van der Waals surface area contributed by atoms with Gasteiger partial charge in [0.15, 0.2) is 0 Å². The first-order chi connectivity index (χ1) is 6.52. The van der Waals surface area contributed by atoms with Crippen LogP contribution in [-0.4, -0.2) is 31.1 Å². The maximum atomic E-state index is 11.4. The van der Waals surface area contributed by atoms with E-state index >= 15 is 0 Å². The highest BCUT2D eigenvalue weighted by atomic mass is 16.5. The average molecular weight is 202 g/mol. The van der Waals surface area contributed by atoms with Crippen LogP contribution in [0.15, 0.2) is 0 Å². The number of esters is 1. The third-order valence-corrected chi connectivity index (χ3v) is 1.71. The molecule has 1 amide bonds. The monoisotopic (exact) mass is 202 g/mol. The Labute approximate surface area is 84.0 Å². The molecule has 0 radical (unpaired) electrons. The maximum absolute atomic E-state index is 11.4. The number of ether oxygens (including phenoxy) is 1. The number of nitrogens with one attached hydrogen (secondary N) is 1. The van der Waals surface area contributed by atoms with Crippen molar-refractivity contribution in [2.75, 3.05) is 13.2 Å². The molecule has 0 fully saturated rings. The summed E-state index contributed by atoms with van der Waals surface area (Å²) in [4.78, 5) is 22.3. The summed E-state index contributed by atoms with van der Waals surface area (Å²) >= 11 is 0. The molecule has 0 saturated carbocycles. The molecule has 0 aromatic carbocycles. The van der Waals surface area contributed by atoms with E-state index < -0.39 is 12.0 Å². The number of hydrogen-bond donors (Lipinski definition) is 2. The molecule has 0 saturated heterocycles. The van der Waals surface area contributed by atoms with E-state index in [-0.39, 0.29) is 18.4 Å². The second-order valence-electron chi connectivity index (χ2n) is 3.25. The zero-order chi connectivity index (χ0) is 11.1. The predicted octanol–water partition coefficient (Wildman–Crippen LogP) is -0.351. The Balaban J connectivity index is 4.29. The number of carbonyl (C=O) groups is 2. The minimum Gasteiger partial charge on any atom is -0.464 e. The third-order valence-electron chi connectivity index (χ3n) is 1.71. The van der Waals surface area contributed by atoms with Gasteiger partial charge in [-0.3, -0.25) is 4.79 Å². The van der Waals surface area contributed by atoms with Crippen molar-refractivity contribution in [1.29, 1.82) is 0 Å². The molecule has 1 unspecified atom stereocenters. The van der Waals surface area contributed by atoms with Crippen molar-refractivity contribution in [2.45, 2.75) is 26.8 Å². The molecule has 0 rings (SSSR count). The third kappa shape index (κ3) is 4.23. The Morgan fingerprint density at radius 1 is 1.43 bits per heavy atom. The van der Waals surface area contributed by atoms with E-state index in [1.165, 1.54) is 0 Å². The molecule has 0 spiro atoms. The quantitative estimate of drug-likeness (QED) is 0.597. The van der Waals surface area contributed by atoms with Gasteiger partial charge in [0, 0.05) is 0 Å². The lowest BCUT2D eigenvalue weighted by atomic mass is 10.0. The molecule has 3 N–H and O–H groups in total. The lowest BCUT2D eigenvalue weighted by Crippen LogP contribution is -2.47. The number of nitrogens with two attached hydrogens (primary N) is 1. The van der Waals surface area contributed by atoms with Gasteiger partial charge >= 0.3 is 5.97 Å². The second-order valence-corrected chi connectivity index (χ2v) is 3.25. The minimum absolute atomic E-state index is 0.00968. The fourth-order valence-corrected chi connectivity index (χ4v) is 0.962. The van der Waals surface area contributed by atoms with Gasteiger partial charge in [0.2, 0.25) is 5.91 Å². The van der Waals surface area contributed by atoms with E-state index in [1.807, 2.05) is 13.8 Å². The van der Waals surface area contributed by atoms with Crippen LogP contribution < -0.4 is 11.1 Å². The molecule has 1 atom stereocenters. The van der Waals surface area contributed by atoms with E-state index in [2.05, 4.69) is 5.32 Å². The van der Waals surface area contributed by atoms with E-state index in [1.54, 1.807) is 6.92 Å². The van der Waals surface area contributed by atoms with Crippen LogP contribution in [0, 0.1) is 5.92 Å². The van der Waals surface area contributed by atoms with Gasteiger partial charge in [-0.15, -0.1) is 0 Å². The molecule has 0 heterocycles. The molecule has 14 heavy (non-hydrogen) atoms. The van der Waals surface area contributed by atoms with Gasteiger partial charge in [-0.25, -0.2) is 4.79 Å². The SMILES string of the molecule is CCOC(=O)C(NC(=O)CN)C(C)C. The highest BCUT2D eigenvalue weighted by Crippen LogP contribution is 2.03. The molecule has 0 aliphatic rings. The molecule has 5 heteroatoms. The number of carbonyl (C=O) groups excluding carboxylic acids is 2. The van der Waals surface area contributed by atoms with Crippen LogP contribution in [0.5, 0.6) is 0 Å². The van der Waals surface area contributed by atoms with Crippen LogP contribution in [0.4, 0.5) is 0 Å². The lowest BCUT2D eigenvalue weighted by molar-refractivity contribution is -0.148. The summed E-state index contributed by atoms with van der Waals surface area (Å²) in [5.41, 5.74) is 5.13. The van der Waals surface area contributed by atoms with Crippen molar-refractivity contribution in [3.05, 3.63) is 0 Å². The van der Waals surface area contributed by atoms with Crippen molar-refractivity contribution in [2.24, 2.45) is 11.7 Å². The van der Waals surface area contributed by atoms with Gasteiger partial charge in [0.1, 0.15) is 6.04 Å². The van der Waals surface area contributed by atoms with E-state index in [4.69, 9.17) is 10.5 Å². The van der Waals surface area contributed by atoms with Crippen molar-refractivity contribution in [3.8, 4) is 0 Å². The summed E-state index contributed by atoms with van der Waals surface area (Å²) in [6, 6.07) is -0.606. The summed E-state index contributed by atoms with van der Waals surface area (Å²) in [6.45, 7) is 5.57. The van der Waals surface area contributed by atoms with Crippen LogP contribution in [-0.2, 0) is 14.3 Å². The number of hydrogen-bond acceptors (Lipinski definition) is 4. The molecule has 0 aliphatic heterocycles. The first-order valence-corrected chi connectivity index (χ1v) is 4.69. The molecule has 5 nitrogen and oxygen atoms in total. The molecule has 0 aliphatic carbocycles. The largest absolute Gasteiger partial charge is 0.464 e. The fraction of sp³-hybridized carbons (Fsp3) is 0.778. The normalized spacial score (nSPS) is 12.4. The highest BCUT2D eigenvalue weighted by Gasteiger charge is 2.24. The second kappa shape index (κ2) is 6.37.